The Morgan fingerprint density at radius 2 is 1.44 bits per heavy atom. The fourth-order valence-electron chi connectivity index (χ4n) is 6.04. The molecule has 7 heteroatoms. The maximum atomic E-state index is 4.93. The topological polar surface area (TPSA) is 35.5 Å². The average molecular weight is 822 g/mol. The summed E-state index contributed by atoms with van der Waals surface area (Å²) in [6.45, 7) is 8.77. The molecule has 0 saturated heterocycles. The summed E-state index contributed by atoms with van der Waals surface area (Å²) in [6, 6.07) is 43.3. The van der Waals surface area contributed by atoms with Crippen molar-refractivity contribution in [2.75, 3.05) is 14.7 Å². The SMILES string of the molecule is CC(C)(C)c1ccnc(N2c3[c-]c(Sc4[c-]c(N5C=CN(c6ccccc6)[CH-]5)ccc4)ccc3-c3ccccc3-c3cnccc32)c1.[Pt]. The number of para-hydroxylation sites is 1. The molecule has 2 aromatic heterocycles. The summed E-state index contributed by atoms with van der Waals surface area (Å²) in [5.41, 5.74) is 9.70. The monoisotopic (exact) mass is 821 g/mol. The van der Waals surface area contributed by atoms with Gasteiger partial charge >= 0.3 is 0 Å². The van der Waals surface area contributed by atoms with Gasteiger partial charge in [0.2, 0.25) is 0 Å². The molecule has 48 heavy (non-hydrogen) atoms. The van der Waals surface area contributed by atoms with Gasteiger partial charge in [0.25, 0.3) is 0 Å². The van der Waals surface area contributed by atoms with E-state index < -0.39 is 0 Å². The number of nitrogens with zero attached hydrogens (tertiary/aromatic N) is 5. The molecule has 0 bridgehead atoms. The summed E-state index contributed by atoms with van der Waals surface area (Å²) in [6.07, 6.45) is 9.85. The first-order chi connectivity index (χ1) is 22.9. The van der Waals surface area contributed by atoms with Gasteiger partial charge in [-0.3, -0.25) is 4.98 Å². The van der Waals surface area contributed by atoms with Gasteiger partial charge in [-0.1, -0.05) is 74.5 Å². The summed E-state index contributed by atoms with van der Waals surface area (Å²) >= 11 is 1.66. The Hall–Kier alpha value is -4.64. The van der Waals surface area contributed by atoms with Crippen molar-refractivity contribution in [2.45, 2.75) is 36.0 Å². The Bertz CT molecular complexity index is 2120. The summed E-state index contributed by atoms with van der Waals surface area (Å²) < 4.78 is 0. The largest absolute Gasteiger partial charge is 0.500 e. The molecule has 6 aromatic rings. The molecule has 0 unspecified atom stereocenters. The van der Waals surface area contributed by atoms with Gasteiger partial charge in [-0.25, -0.2) is 4.98 Å². The van der Waals surface area contributed by atoms with Crippen LogP contribution in [0.25, 0.3) is 22.3 Å². The fraction of sp³-hybridized carbons (Fsp3) is 0.0976. The summed E-state index contributed by atoms with van der Waals surface area (Å²) in [4.78, 5) is 17.9. The van der Waals surface area contributed by atoms with E-state index in [1.165, 1.54) is 5.56 Å². The van der Waals surface area contributed by atoms with E-state index in [4.69, 9.17) is 4.98 Å². The molecule has 0 aliphatic carbocycles. The van der Waals surface area contributed by atoms with Crippen LogP contribution in [0.2, 0.25) is 0 Å². The minimum Gasteiger partial charge on any atom is -0.500 e. The second kappa shape index (κ2) is 13.1. The number of benzene rings is 4. The van der Waals surface area contributed by atoms with Gasteiger partial charge in [0.15, 0.2) is 0 Å². The molecule has 2 aliphatic heterocycles. The Morgan fingerprint density at radius 3 is 2.25 bits per heavy atom. The number of aromatic nitrogens is 2. The Morgan fingerprint density at radius 1 is 0.688 bits per heavy atom. The maximum absolute atomic E-state index is 4.93. The zero-order valence-electron chi connectivity index (χ0n) is 26.7. The molecule has 0 saturated carbocycles. The molecule has 240 valence electrons. The van der Waals surface area contributed by atoms with E-state index in [1.54, 1.807) is 11.8 Å². The number of anilines is 5. The number of rotatable bonds is 5. The van der Waals surface area contributed by atoms with E-state index in [0.717, 1.165) is 60.6 Å². The third-order valence-electron chi connectivity index (χ3n) is 8.45. The van der Waals surface area contributed by atoms with Gasteiger partial charge in [0.05, 0.1) is 5.69 Å². The standard InChI is InChI=1S/C41H32N5S.Pt/c1-41(2,3)29-18-21-43-40(24-29)46-38-19-20-42-27-37(38)35-15-8-7-14-34(35)36-17-16-33(26-39(36)46)47-32-13-9-12-31(25-32)45-23-22-44(28-45)30-10-5-4-6-11-30;/h4-24,27-28H,1-3H3;/q-3;. The van der Waals surface area contributed by atoms with Crippen LogP contribution in [0.4, 0.5) is 28.6 Å². The van der Waals surface area contributed by atoms with Crippen LogP contribution in [0.15, 0.2) is 144 Å². The van der Waals surface area contributed by atoms with E-state index in [9.17, 15) is 0 Å². The molecule has 4 aromatic carbocycles. The molecule has 0 amide bonds. The second-order valence-electron chi connectivity index (χ2n) is 12.6. The number of hydrogen-bond acceptors (Lipinski definition) is 6. The molecule has 4 heterocycles. The Kier molecular flexibility index (Phi) is 8.72. The molecular weight excluding hydrogens is 790 g/mol. The van der Waals surface area contributed by atoms with Crippen LogP contribution in [0.1, 0.15) is 26.3 Å². The first kappa shape index (κ1) is 31.9. The van der Waals surface area contributed by atoms with Crippen molar-refractivity contribution in [3.8, 4) is 22.3 Å². The minimum atomic E-state index is -0.0290. The molecule has 0 spiro atoms. The molecular formula is C41H32N5PtS-3. The van der Waals surface area contributed by atoms with Gasteiger partial charge in [0, 0.05) is 50.9 Å². The van der Waals surface area contributed by atoms with Crippen LogP contribution in [0.5, 0.6) is 0 Å². The number of pyridine rings is 2. The first-order valence-corrected chi connectivity index (χ1v) is 16.5. The summed E-state index contributed by atoms with van der Waals surface area (Å²) in [5.74, 6) is 0.852. The van der Waals surface area contributed by atoms with Crippen molar-refractivity contribution < 1.29 is 21.1 Å². The van der Waals surface area contributed by atoms with E-state index in [2.05, 4.69) is 157 Å². The molecule has 0 radical (unpaired) electrons. The second-order valence-corrected chi connectivity index (χ2v) is 13.7. The van der Waals surface area contributed by atoms with Crippen molar-refractivity contribution in [1.82, 2.24) is 9.97 Å². The van der Waals surface area contributed by atoms with E-state index >= 15 is 0 Å². The van der Waals surface area contributed by atoms with Crippen LogP contribution < -0.4 is 14.7 Å². The van der Waals surface area contributed by atoms with Gasteiger partial charge in [-0.15, -0.1) is 51.6 Å². The number of hydrogen-bond donors (Lipinski definition) is 0. The number of fused-ring (bicyclic) bond motifs is 5. The molecule has 0 fully saturated rings. The van der Waals surface area contributed by atoms with Crippen molar-refractivity contribution in [2.24, 2.45) is 0 Å². The van der Waals surface area contributed by atoms with Crippen LogP contribution in [0, 0.1) is 18.8 Å². The van der Waals surface area contributed by atoms with Crippen molar-refractivity contribution >= 4 is 40.3 Å². The Labute approximate surface area is 301 Å². The molecule has 2 aliphatic rings. The van der Waals surface area contributed by atoms with Crippen LogP contribution in [0.3, 0.4) is 0 Å². The average Bonchev–Trinajstić information content (AvgIpc) is 3.56. The van der Waals surface area contributed by atoms with Crippen LogP contribution in [-0.4, -0.2) is 9.97 Å². The minimum absolute atomic E-state index is 0. The van der Waals surface area contributed by atoms with E-state index in [1.807, 2.05) is 36.8 Å². The van der Waals surface area contributed by atoms with E-state index in [0.29, 0.717) is 0 Å². The van der Waals surface area contributed by atoms with Gasteiger partial charge in [-0.2, -0.15) is 30.3 Å². The quantitative estimate of drug-likeness (QED) is 0.161. The first-order valence-electron chi connectivity index (χ1n) is 15.6. The van der Waals surface area contributed by atoms with Crippen molar-refractivity contribution in [1.29, 1.82) is 0 Å². The zero-order chi connectivity index (χ0) is 32.0. The van der Waals surface area contributed by atoms with Gasteiger partial charge < -0.3 is 14.7 Å². The van der Waals surface area contributed by atoms with Crippen LogP contribution in [-0.2, 0) is 26.5 Å². The molecule has 0 N–H and O–H groups in total. The molecule has 5 nitrogen and oxygen atoms in total. The van der Waals surface area contributed by atoms with Crippen LogP contribution >= 0.6 is 11.8 Å². The summed E-state index contributed by atoms with van der Waals surface area (Å²) in [5, 5.41) is 0. The molecule has 8 rings (SSSR count). The fourth-order valence-corrected chi connectivity index (χ4v) is 6.86. The smallest absolute Gasteiger partial charge is 0.135 e. The Balaban J connectivity index is 0.00000364. The molecule has 0 atom stereocenters. The third kappa shape index (κ3) is 6.07. The summed E-state index contributed by atoms with van der Waals surface area (Å²) in [7, 11) is 0. The maximum Gasteiger partial charge on any atom is 0.135 e. The van der Waals surface area contributed by atoms with Crippen molar-refractivity contribution in [3.63, 3.8) is 0 Å². The predicted molar refractivity (Wildman–Crippen MR) is 193 cm³/mol. The van der Waals surface area contributed by atoms with E-state index in [-0.39, 0.29) is 26.5 Å². The third-order valence-corrected chi connectivity index (χ3v) is 9.37. The normalized spacial score (nSPS) is 13.4. The predicted octanol–water partition coefficient (Wildman–Crippen LogP) is 10.6. The zero-order valence-corrected chi connectivity index (χ0v) is 29.8. The van der Waals surface area contributed by atoms with Gasteiger partial charge in [-0.05, 0) is 59.3 Å². The van der Waals surface area contributed by atoms with Gasteiger partial charge in [0.1, 0.15) is 5.82 Å². The van der Waals surface area contributed by atoms with Crippen molar-refractivity contribution in [3.05, 3.63) is 158 Å².